The highest BCUT2D eigenvalue weighted by atomic mass is 35.5. The Hall–Kier alpha value is -1.89. The summed E-state index contributed by atoms with van der Waals surface area (Å²) in [6.45, 7) is 4.68. The fourth-order valence-corrected chi connectivity index (χ4v) is 3.60. The number of likely N-dealkylation sites (N-methyl/N-ethyl adjacent to an activating group) is 1. The molecular formula is C18H22ClN3O2S. The van der Waals surface area contributed by atoms with E-state index in [1.165, 1.54) is 11.3 Å². The first-order valence-corrected chi connectivity index (χ1v) is 9.10. The number of amides is 2. The van der Waals surface area contributed by atoms with Gasteiger partial charge in [-0.25, -0.2) is 0 Å². The molecule has 5 nitrogen and oxygen atoms in total. The van der Waals surface area contributed by atoms with Crippen molar-refractivity contribution in [3.8, 4) is 0 Å². The van der Waals surface area contributed by atoms with Crippen molar-refractivity contribution < 1.29 is 9.59 Å². The first kappa shape index (κ1) is 19.4. The third kappa shape index (κ3) is 6.16. The van der Waals surface area contributed by atoms with Crippen LogP contribution in [-0.4, -0.2) is 36.9 Å². The maximum Gasteiger partial charge on any atom is 0.243 e. The number of carbonyl (C=O) groups excluding carboxylic acids is 2. The highest BCUT2D eigenvalue weighted by Gasteiger charge is 2.11. The van der Waals surface area contributed by atoms with Crippen LogP contribution in [0, 0.1) is 13.8 Å². The van der Waals surface area contributed by atoms with Crippen LogP contribution in [-0.2, 0) is 16.1 Å². The van der Waals surface area contributed by atoms with Crippen molar-refractivity contribution in [3.05, 3.63) is 50.7 Å². The SMILES string of the molecule is Cc1cccc(C)c1NC(=O)CNC(=O)CN(C)Cc1ccc(Cl)s1. The lowest BCUT2D eigenvalue weighted by atomic mass is 10.1. The number of carbonyl (C=O) groups is 2. The predicted molar refractivity (Wildman–Crippen MR) is 103 cm³/mol. The fraction of sp³-hybridized carbons (Fsp3) is 0.333. The van der Waals surface area contributed by atoms with E-state index in [9.17, 15) is 9.59 Å². The van der Waals surface area contributed by atoms with Crippen molar-refractivity contribution in [3.63, 3.8) is 0 Å². The molecule has 1 aromatic carbocycles. The van der Waals surface area contributed by atoms with E-state index < -0.39 is 0 Å². The summed E-state index contributed by atoms with van der Waals surface area (Å²) in [5.74, 6) is -0.430. The Morgan fingerprint density at radius 2 is 1.80 bits per heavy atom. The van der Waals surface area contributed by atoms with Gasteiger partial charge in [0.25, 0.3) is 0 Å². The van der Waals surface area contributed by atoms with Gasteiger partial charge in [0.05, 0.1) is 17.4 Å². The minimum Gasteiger partial charge on any atom is -0.346 e. The lowest BCUT2D eigenvalue weighted by molar-refractivity contribution is -0.124. The summed E-state index contributed by atoms with van der Waals surface area (Å²) in [6.07, 6.45) is 0. The lowest BCUT2D eigenvalue weighted by Gasteiger charge is -2.15. The average Bonchev–Trinajstić information content (AvgIpc) is 2.94. The highest BCUT2D eigenvalue weighted by molar-refractivity contribution is 7.16. The van der Waals surface area contributed by atoms with E-state index in [1.807, 2.05) is 56.1 Å². The molecule has 0 spiro atoms. The summed E-state index contributed by atoms with van der Waals surface area (Å²) in [6, 6.07) is 9.60. The zero-order valence-corrected chi connectivity index (χ0v) is 16.1. The number of hydrogen-bond donors (Lipinski definition) is 2. The Balaban J connectivity index is 1.76. The topological polar surface area (TPSA) is 61.4 Å². The molecule has 1 heterocycles. The smallest absolute Gasteiger partial charge is 0.243 e. The Labute approximate surface area is 157 Å². The molecule has 0 aliphatic rings. The van der Waals surface area contributed by atoms with Gasteiger partial charge in [-0.15, -0.1) is 11.3 Å². The van der Waals surface area contributed by atoms with Gasteiger partial charge in [-0.1, -0.05) is 29.8 Å². The minimum absolute atomic E-state index is 0.0503. The standard InChI is InChI=1S/C18H22ClN3O2S/c1-12-5-4-6-13(2)18(12)21-16(23)9-20-17(24)11-22(3)10-14-7-8-15(19)25-14/h4-8H,9-11H2,1-3H3,(H,20,24)(H,21,23). The zero-order valence-electron chi connectivity index (χ0n) is 14.6. The number of hydrogen-bond acceptors (Lipinski definition) is 4. The highest BCUT2D eigenvalue weighted by Crippen LogP contribution is 2.22. The first-order valence-electron chi connectivity index (χ1n) is 7.90. The van der Waals surface area contributed by atoms with Crippen molar-refractivity contribution in [1.82, 2.24) is 10.2 Å². The molecule has 0 saturated carbocycles. The molecule has 0 fully saturated rings. The monoisotopic (exact) mass is 379 g/mol. The first-order chi connectivity index (χ1) is 11.8. The Morgan fingerprint density at radius 3 is 2.40 bits per heavy atom. The maximum atomic E-state index is 12.0. The molecule has 2 amide bonds. The maximum absolute atomic E-state index is 12.0. The molecule has 2 aromatic rings. The van der Waals surface area contributed by atoms with Crippen molar-refractivity contribution in [1.29, 1.82) is 0 Å². The Morgan fingerprint density at radius 1 is 1.12 bits per heavy atom. The minimum atomic E-state index is -0.238. The second kappa shape index (κ2) is 8.99. The molecule has 0 saturated heterocycles. The van der Waals surface area contributed by atoms with Crippen LogP contribution in [0.4, 0.5) is 5.69 Å². The second-order valence-electron chi connectivity index (χ2n) is 5.97. The average molecular weight is 380 g/mol. The summed E-state index contributed by atoms with van der Waals surface area (Å²) >= 11 is 7.39. The second-order valence-corrected chi connectivity index (χ2v) is 7.77. The van der Waals surface area contributed by atoms with Gasteiger partial charge in [0.1, 0.15) is 0 Å². The van der Waals surface area contributed by atoms with E-state index in [4.69, 9.17) is 11.6 Å². The third-order valence-electron chi connectivity index (χ3n) is 3.66. The van der Waals surface area contributed by atoms with Gasteiger partial charge in [-0.3, -0.25) is 14.5 Å². The quantitative estimate of drug-likeness (QED) is 0.776. The molecule has 25 heavy (non-hydrogen) atoms. The van der Waals surface area contributed by atoms with Crippen LogP contribution in [0.1, 0.15) is 16.0 Å². The number of nitrogens with zero attached hydrogens (tertiary/aromatic N) is 1. The summed E-state index contributed by atoms with van der Waals surface area (Å²) < 4.78 is 0.732. The molecule has 2 N–H and O–H groups in total. The van der Waals surface area contributed by atoms with Gasteiger partial charge in [0.2, 0.25) is 11.8 Å². The van der Waals surface area contributed by atoms with Crippen LogP contribution in [0.2, 0.25) is 4.34 Å². The molecule has 1 aromatic heterocycles. The molecule has 7 heteroatoms. The number of rotatable bonds is 7. The van der Waals surface area contributed by atoms with Gasteiger partial charge in [0.15, 0.2) is 0 Å². The van der Waals surface area contributed by atoms with Crippen LogP contribution in [0.15, 0.2) is 30.3 Å². The summed E-state index contributed by atoms with van der Waals surface area (Å²) in [5, 5.41) is 5.50. The number of halogens is 1. The molecule has 0 unspecified atom stereocenters. The third-order valence-corrected chi connectivity index (χ3v) is 4.88. The molecular weight excluding hydrogens is 358 g/mol. The van der Waals surface area contributed by atoms with Gasteiger partial charge in [-0.05, 0) is 44.2 Å². The molecule has 2 rings (SSSR count). The van der Waals surface area contributed by atoms with Crippen molar-refractivity contribution in [2.24, 2.45) is 0 Å². The van der Waals surface area contributed by atoms with E-state index in [0.29, 0.717) is 6.54 Å². The molecule has 0 atom stereocenters. The number of aryl methyl sites for hydroxylation is 2. The van der Waals surface area contributed by atoms with Crippen molar-refractivity contribution in [2.45, 2.75) is 20.4 Å². The van der Waals surface area contributed by atoms with E-state index in [1.54, 1.807) is 0 Å². The Bertz CT molecular complexity index is 740. The summed E-state index contributed by atoms with van der Waals surface area (Å²) in [7, 11) is 1.85. The molecule has 0 aliphatic heterocycles. The van der Waals surface area contributed by atoms with E-state index in [-0.39, 0.29) is 24.9 Å². The van der Waals surface area contributed by atoms with Gasteiger partial charge in [0, 0.05) is 17.1 Å². The summed E-state index contributed by atoms with van der Waals surface area (Å²) in [5.41, 5.74) is 2.79. The molecule has 0 radical (unpaired) electrons. The molecule has 0 aliphatic carbocycles. The molecule has 0 bridgehead atoms. The van der Waals surface area contributed by atoms with Crippen LogP contribution in [0.3, 0.4) is 0 Å². The van der Waals surface area contributed by atoms with Crippen LogP contribution in [0.5, 0.6) is 0 Å². The number of anilines is 1. The van der Waals surface area contributed by atoms with Crippen LogP contribution >= 0.6 is 22.9 Å². The molecule has 134 valence electrons. The lowest BCUT2D eigenvalue weighted by Crippen LogP contribution is -2.39. The van der Waals surface area contributed by atoms with Crippen molar-refractivity contribution in [2.75, 3.05) is 25.5 Å². The van der Waals surface area contributed by atoms with E-state index in [0.717, 1.165) is 26.0 Å². The number of thiophene rings is 1. The number of nitrogens with one attached hydrogen (secondary N) is 2. The van der Waals surface area contributed by atoms with Gasteiger partial charge >= 0.3 is 0 Å². The largest absolute Gasteiger partial charge is 0.346 e. The number of para-hydroxylation sites is 1. The fourth-order valence-electron chi connectivity index (χ4n) is 2.43. The van der Waals surface area contributed by atoms with E-state index >= 15 is 0 Å². The van der Waals surface area contributed by atoms with E-state index in [2.05, 4.69) is 10.6 Å². The normalized spacial score (nSPS) is 10.8. The van der Waals surface area contributed by atoms with Crippen molar-refractivity contribution >= 4 is 40.4 Å². The van der Waals surface area contributed by atoms with Gasteiger partial charge in [-0.2, -0.15) is 0 Å². The predicted octanol–water partition coefficient (Wildman–Crippen LogP) is 3.21. The van der Waals surface area contributed by atoms with Crippen LogP contribution in [0.25, 0.3) is 0 Å². The Kier molecular flexibility index (Phi) is 6.99. The number of benzene rings is 1. The summed E-state index contributed by atoms with van der Waals surface area (Å²) in [4.78, 5) is 27.0. The zero-order chi connectivity index (χ0) is 18.4. The van der Waals surface area contributed by atoms with Crippen LogP contribution < -0.4 is 10.6 Å². The van der Waals surface area contributed by atoms with Gasteiger partial charge < -0.3 is 10.6 Å².